The Morgan fingerprint density at radius 2 is 1.78 bits per heavy atom. The van der Waals surface area contributed by atoms with Gasteiger partial charge in [-0.3, -0.25) is 4.79 Å². The Morgan fingerprint density at radius 3 is 2.30 bits per heavy atom. The second-order valence-corrected chi connectivity index (χ2v) is 6.69. The fraction of sp³-hybridized carbons (Fsp3) is 0.556. The zero-order chi connectivity index (χ0) is 16.3. The highest BCUT2D eigenvalue weighted by Gasteiger charge is 2.41. The first-order chi connectivity index (χ1) is 11.1. The van der Waals surface area contributed by atoms with Crippen LogP contribution in [0.25, 0.3) is 0 Å². The summed E-state index contributed by atoms with van der Waals surface area (Å²) in [5.41, 5.74) is 1.01. The highest BCUT2D eigenvalue weighted by Crippen LogP contribution is 2.41. The molecule has 1 aliphatic carbocycles. The highest BCUT2D eigenvalue weighted by molar-refractivity contribution is 5.76. The predicted octanol–water partition coefficient (Wildman–Crippen LogP) is 2.38. The van der Waals surface area contributed by atoms with Crippen molar-refractivity contribution in [3.8, 4) is 0 Å². The fourth-order valence-corrected chi connectivity index (χ4v) is 3.57. The van der Waals surface area contributed by atoms with Crippen molar-refractivity contribution in [3.63, 3.8) is 0 Å². The van der Waals surface area contributed by atoms with Gasteiger partial charge in [-0.2, -0.15) is 0 Å². The third-order valence-electron chi connectivity index (χ3n) is 5.07. The van der Waals surface area contributed by atoms with E-state index in [0.717, 1.165) is 32.1 Å². The predicted molar refractivity (Wildman–Crippen MR) is 88.9 cm³/mol. The smallest absolute Gasteiger partial charge is 0.318 e. The molecule has 0 aromatic heterocycles. The van der Waals surface area contributed by atoms with Crippen molar-refractivity contribution in [2.75, 3.05) is 13.1 Å². The molecule has 1 saturated heterocycles. The molecule has 2 fully saturated rings. The van der Waals surface area contributed by atoms with Gasteiger partial charge in [0.15, 0.2) is 0 Å². The molecule has 0 spiro atoms. The second-order valence-electron chi connectivity index (χ2n) is 6.69. The van der Waals surface area contributed by atoms with Crippen LogP contribution in [0.1, 0.15) is 44.6 Å². The van der Waals surface area contributed by atoms with Crippen LogP contribution in [0.4, 0.5) is 4.79 Å². The molecular formula is C18H25N3O2. The molecule has 0 radical (unpaired) electrons. The Morgan fingerprint density at radius 1 is 1.13 bits per heavy atom. The van der Waals surface area contributed by atoms with Gasteiger partial charge in [-0.05, 0) is 37.7 Å². The average Bonchev–Trinajstić information content (AvgIpc) is 2.51. The van der Waals surface area contributed by atoms with E-state index >= 15 is 0 Å². The van der Waals surface area contributed by atoms with Crippen LogP contribution < -0.4 is 10.6 Å². The lowest BCUT2D eigenvalue weighted by molar-refractivity contribution is -0.119. The molecule has 2 N–H and O–H groups in total. The molecule has 1 heterocycles. The number of nitrogens with zero attached hydrogens (tertiary/aromatic N) is 1. The molecule has 3 amide bonds. The van der Waals surface area contributed by atoms with Gasteiger partial charge in [-0.1, -0.05) is 30.3 Å². The van der Waals surface area contributed by atoms with Crippen LogP contribution in [0.3, 0.4) is 0 Å². The van der Waals surface area contributed by atoms with E-state index in [2.05, 4.69) is 22.8 Å². The Kier molecular flexibility index (Phi) is 4.55. The molecule has 1 aliphatic heterocycles. The minimum atomic E-state index is -0.188. The minimum absolute atomic E-state index is 0.00500. The van der Waals surface area contributed by atoms with Gasteiger partial charge in [0, 0.05) is 26.1 Å². The standard InChI is InChI=1S/C18H25N3O2/c1-14(22)19-16-8-12-21(13-9-16)17(23)20-18(10-5-11-18)15-6-3-2-4-7-15/h2-4,6-7,16H,5,8-13H2,1H3,(H,19,22)(H,20,23). The van der Waals surface area contributed by atoms with Crippen LogP contribution >= 0.6 is 0 Å². The van der Waals surface area contributed by atoms with Gasteiger partial charge in [-0.25, -0.2) is 4.79 Å². The zero-order valence-electron chi connectivity index (χ0n) is 13.7. The number of amides is 3. The average molecular weight is 315 g/mol. The van der Waals surface area contributed by atoms with Crippen LogP contribution in [-0.4, -0.2) is 36.0 Å². The van der Waals surface area contributed by atoms with Crippen LogP contribution in [0.2, 0.25) is 0 Å². The maximum Gasteiger partial charge on any atom is 0.318 e. The summed E-state index contributed by atoms with van der Waals surface area (Å²) in [6.07, 6.45) is 4.81. The lowest BCUT2D eigenvalue weighted by atomic mass is 9.72. The largest absolute Gasteiger partial charge is 0.353 e. The fourth-order valence-electron chi connectivity index (χ4n) is 3.57. The van der Waals surface area contributed by atoms with E-state index < -0.39 is 0 Å². The summed E-state index contributed by atoms with van der Waals surface area (Å²) in [5.74, 6) is 0.00500. The summed E-state index contributed by atoms with van der Waals surface area (Å²) < 4.78 is 0. The summed E-state index contributed by atoms with van der Waals surface area (Å²) >= 11 is 0. The van der Waals surface area contributed by atoms with Gasteiger partial charge in [0.25, 0.3) is 0 Å². The van der Waals surface area contributed by atoms with Crippen molar-refractivity contribution in [2.45, 2.75) is 50.6 Å². The number of benzene rings is 1. The summed E-state index contributed by atoms with van der Waals surface area (Å²) in [5, 5.41) is 6.21. The second kappa shape index (κ2) is 6.60. The third kappa shape index (κ3) is 3.49. The monoisotopic (exact) mass is 315 g/mol. The first kappa shape index (κ1) is 15.8. The van der Waals surface area contributed by atoms with Crippen molar-refractivity contribution < 1.29 is 9.59 Å². The molecular weight excluding hydrogens is 290 g/mol. The van der Waals surface area contributed by atoms with Gasteiger partial charge in [0.05, 0.1) is 5.54 Å². The normalized spacial score (nSPS) is 20.5. The molecule has 3 rings (SSSR count). The van der Waals surface area contributed by atoms with Crippen LogP contribution in [0.5, 0.6) is 0 Å². The van der Waals surface area contributed by atoms with Gasteiger partial charge in [0.2, 0.25) is 5.91 Å². The van der Waals surface area contributed by atoms with Gasteiger partial charge in [-0.15, -0.1) is 0 Å². The SMILES string of the molecule is CC(=O)NC1CCN(C(=O)NC2(c3ccccc3)CCC2)CC1. The van der Waals surface area contributed by atoms with Gasteiger partial charge >= 0.3 is 6.03 Å². The van der Waals surface area contributed by atoms with E-state index in [0.29, 0.717) is 13.1 Å². The first-order valence-corrected chi connectivity index (χ1v) is 8.49. The quantitative estimate of drug-likeness (QED) is 0.899. The van der Waals surface area contributed by atoms with Gasteiger partial charge < -0.3 is 15.5 Å². The first-order valence-electron chi connectivity index (χ1n) is 8.49. The molecule has 23 heavy (non-hydrogen) atoms. The summed E-state index contributed by atoms with van der Waals surface area (Å²) in [7, 11) is 0. The number of urea groups is 1. The molecule has 0 atom stereocenters. The molecule has 0 bridgehead atoms. The maximum atomic E-state index is 12.6. The van der Waals surface area contributed by atoms with Gasteiger partial charge in [0.1, 0.15) is 0 Å². The van der Waals surface area contributed by atoms with Crippen molar-refractivity contribution in [1.82, 2.24) is 15.5 Å². The van der Waals surface area contributed by atoms with Crippen LogP contribution in [-0.2, 0) is 10.3 Å². The lowest BCUT2D eigenvalue weighted by Gasteiger charge is -2.45. The Hall–Kier alpha value is -2.04. The molecule has 5 heteroatoms. The number of carbonyl (C=O) groups is 2. The number of rotatable bonds is 3. The third-order valence-corrected chi connectivity index (χ3v) is 5.07. The van der Waals surface area contributed by atoms with Crippen LogP contribution in [0.15, 0.2) is 30.3 Å². The van der Waals surface area contributed by atoms with Crippen LogP contribution in [0, 0.1) is 0 Å². The lowest BCUT2D eigenvalue weighted by Crippen LogP contribution is -2.57. The highest BCUT2D eigenvalue weighted by atomic mass is 16.2. The summed E-state index contributed by atoms with van der Waals surface area (Å²) in [6.45, 7) is 2.93. The number of piperidine rings is 1. The maximum absolute atomic E-state index is 12.6. The summed E-state index contributed by atoms with van der Waals surface area (Å²) in [4.78, 5) is 25.6. The molecule has 1 saturated carbocycles. The molecule has 1 aromatic carbocycles. The summed E-state index contributed by atoms with van der Waals surface area (Å²) in [6, 6.07) is 10.5. The number of carbonyl (C=O) groups excluding carboxylic acids is 2. The Labute approximate surface area is 137 Å². The van der Waals surface area contributed by atoms with E-state index in [1.54, 1.807) is 6.92 Å². The molecule has 5 nitrogen and oxygen atoms in total. The zero-order valence-corrected chi connectivity index (χ0v) is 13.7. The topological polar surface area (TPSA) is 61.4 Å². The van der Waals surface area contributed by atoms with Crippen molar-refractivity contribution in [2.24, 2.45) is 0 Å². The minimum Gasteiger partial charge on any atom is -0.353 e. The molecule has 0 unspecified atom stereocenters. The van der Waals surface area contributed by atoms with E-state index in [1.807, 2.05) is 23.1 Å². The number of hydrogen-bond acceptors (Lipinski definition) is 2. The molecule has 1 aromatic rings. The Balaban J connectivity index is 1.58. The van der Waals surface area contributed by atoms with Crippen molar-refractivity contribution in [3.05, 3.63) is 35.9 Å². The van der Waals surface area contributed by atoms with Crippen molar-refractivity contribution in [1.29, 1.82) is 0 Å². The number of hydrogen-bond donors (Lipinski definition) is 2. The number of likely N-dealkylation sites (tertiary alicyclic amines) is 1. The van der Waals surface area contributed by atoms with E-state index in [9.17, 15) is 9.59 Å². The molecule has 124 valence electrons. The number of nitrogens with one attached hydrogen (secondary N) is 2. The van der Waals surface area contributed by atoms with Crippen molar-refractivity contribution >= 4 is 11.9 Å². The molecule has 2 aliphatic rings. The van der Waals surface area contributed by atoms with E-state index in [1.165, 1.54) is 5.56 Å². The van der Waals surface area contributed by atoms with E-state index in [-0.39, 0.29) is 23.5 Å². The van der Waals surface area contributed by atoms with E-state index in [4.69, 9.17) is 0 Å². The Bertz CT molecular complexity index is 561.